The molecule has 3 rings (SSSR count). The molecular weight excluding hydrogens is 512 g/mol. The van der Waals surface area contributed by atoms with Gasteiger partial charge in [-0.1, -0.05) is 101 Å². The van der Waals surface area contributed by atoms with Crippen molar-refractivity contribution in [3.63, 3.8) is 0 Å². The van der Waals surface area contributed by atoms with E-state index in [0.717, 1.165) is 24.5 Å². The second-order valence-electron chi connectivity index (χ2n) is 10.3. The average Bonchev–Trinajstić information content (AvgIpc) is 3.32. The maximum atomic E-state index is 12.8. The van der Waals surface area contributed by atoms with Gasteiger partial charge in [0.2, 0.25) is 0 Å². The number of allylic oxidation sites excluding steroid dienone is 1. The molecule has 1 heterocycles. The number of nitrogens with zero attached hydrogens (tertiary/aromatic N) is 1. The van der Waals surface area contributed by atoms with Crippen LogP contribution in [0.5, 0.6) is 5.75 Å². The van der Waals surface area contributed by atoms with Gasteiger partial charge in [0.25, 0.3) is 5.91 Å². The van der Waals surface area contributed by atoms with Gasteiger partial charge in [-0.25, -0.2) is 0 Å². The minimum atomic E-state index is -0.218. The Balaban J connectivity index is 1.30. The normalized spacial score (nSPS) is 13.0. The minimum absolute atomic E-state index is 0.218. The fourth-order valence-corrected chi connectivity index (χ4v) is 5.81. The van der Waals surface area contributed by atoms with Gasteiger partial charge in [-0.3, -0.25) is 4.79 Å². The van der Waals surface area contributed by atoms with E-state index in [1.807, 2.05) is 30.0 Å². The van der Waals surface area contributed by atoms with Crippen molar-refractivity contribution in [3.8, 4) is 5.75 Å². The summed E-state index contributed by atoms with van der Waals surface area (Å²) >= 11 is 8.25. The second kappa shape index (κ2) is 17.5. The summed E-state index contributed by atoms with van der Waals surface area (Å²) in [7, 11) is 0. The third kappa shape index (κ3) is 10.9. The molecule has 0 saturated heterocycles. The molecule has 1 aliphatic heterocycles. The Morgan fingerprint density at radius 3 is 2.13 bits per heavy atom. The van der Waals surface area contributed by atoms with Crippen molar-refractivity contribution in [1.29, 1.82) is 0 Å². The second-order valence-corrected chi connectivity index (χ2v) is 11.5. The van der Waals surface area contributed by atoms with Crippen molar-refractivity contribution in [1.82, 2.24) is 4.90 Å². The lowest BCUT2D eigenvalue weighted by molar-refractivity contribution is 0.102. The molecule has 0 aliphatic carbocycles. The van der Waals surface area contributed by atoms with Gasteiger partial charge in [-0.2, -0.15) is 0 Å². The van der Waals surface area contributed by atoms with E-state index in [2.05, 4.69) is 41.6 Å². The smallest absolute Gasteiger partial charge is 0.257 e. The van der Waals surface area contributed by atoms with Gasteiger partial charge in [0.1, 0.15) is 5.75 Å². The van der Waals surface area contributed by atoms with Crippen molar-refractivity contribution in [3.05, 3.63) is 69.7 Å². The quantitative estimate of drug-likeness (QED) is 0.185. The number of nitrogens with one attached hydrogen (secondary N) is 1. The number of halogens is 1. The number of carbonyl (C=O) groups is 1. The summed E-state index contributed by atoms with van der Waals surface area (Å²) < 4.78 is 5.88. The molecule has 0 radical (unpaired) electrons. The van der Waals surface area contributed by atoms with E-state index in [1.54, 1.807) is 12.1 Å². The first kappa shape index (κ1) is 30.4. The van der Waals surface area contributed by atoms with E-state index in [4.69, 9.17) is 16.3 Å². The number of rotatable bonds is 18. The van der Waals surface area contributed by atoms with E-state index in [-0.39, 0.29) is 5.91 Å². The molecular formula is C32H45ClN2O2S. The van der Waals surface area contributed by atoms with Crippen molar-refractivity contribution in [2.24, 2.45) is 0 Å². The molecule has 0 aromatic heterocycles. The summed E-state index contributed by atoms with van der Waals surface area (Å²) in [6.07, 6.45) is 15.9. The molecule has 1 amide bonds. The van der Waals surface area contributed by atoms with Crippen LogP contribution in [0.15, 0.2) is 53.6 Å². The molecule has 208 valence electrons. The van der Waals surface area contributed by atoms with Crippen molar-refractivity contribution < 1.29 is 9.53 Å². The van der Waals surface area contributed by atoms with Crippen LogP contribution in [0.4, 0.5) is 5.69 Å². The third-order valence-corrected chi connectivity index (χ3v) is 8.30. The van der Waals surface area contributed by atoms with Crippen LogP contribution < -0.4 is 10.1 Å². The topological polar surface area (TPSA) is 41.6 Å². The molecule has 4 nitrogen and oxygen atoms in total. The molecule has 1 aliphatic rings. The van der Waals surface area contributed by atoms with Crippen LogP contribution in [0.2, 0.25) is 5.02 Å². The minimum Gasteiger partial charge on any atom is -0.494 e. The molecule has 2 aromatic carbocycles. The largest absolute Gasteiger partial charge is 0.494 e. The highest BCUT2D eigenvalue weighted by Crippen LogP contribution is 2.26. The number of amides is 1. The highest BCUT2D eigenvalue weighted by atomic mass is 35.5. The Kier molecular flexibility index (Phi) is 14.0. The summed E-state index contributed by atoms with van der Waals surface area (Å²) in [5.74, 6) is 1.48. The Bertz CT molecular complexity index is 1010. The Morgan fingerprint density at radius 1 is 0.921 bits per heavy atom. The lowest BCUT2D eigenvalue weighted by Gasteiger charge is -2.19. The van der Waals surface area contributed by atoms with E-state index < -0.39 is 0 Å². The monoisotopic (exact) mass is 556 g/mol. The Hall–Kier alpha value is -2.11. The highest BCUT2D eigenvalue weighted by Gasteiger charge is 2.14. The van der Waals surface area contributed by atoms with Gasteiger partial charge in [0, 0.05) is 17.9 Å². The van der Waals surface area contributed by atoms with Crippen molar-refractivity contribution in [2.75, 3.05) is 17.8 Å². The number of thioether (sulfide) groups is 1. The van der Waals surface area contributed by atoms with Gasteiger partial charge in [0.05, 0.1) is 23.1 Å². The molecule has 38 heavy (non-hydrogen) atoms. The fourth-order valence-electron chi connectivity index (χ4n) is 4.61. The van der Waals surface area contributed by atoms with Crippen LogP contribution in [0.1, 0.15) is 107 Å². The van der Waals surface area contributed by atoms with Gasteiger partial charge in [0.15, 0.2) is 0 Å². The van der Waals surface area contributed by atoms with Crippen LogP contribution in [0, 0.1) is 0 Å². The molecule has 6 heteroatoms. The van der Waals surface area contributed by atoms with Gasteiger partial charge >= 0.3 is 0 Å². The fraction of sp³-hybridized carbons (Fsp3) is 0.531. The lowest BCUT2D eigenvalue weighted by atomic mass is 10.1. The number of carbonyl (C=O) groups excluding carboxylic acids is 1. The SMILES string of the molecule is CCCCCCCCCCCCCCOc1ccc(C(=O)Nc2ccc(CN3CSC=C3C)cc2)c(Cl)c1. The van der Waals surface area contributed by atoms with E-state index in [9.17, 15) is 4.79 Å². The number of hydrogen-bond donors (Lipinski definition) is 1. The van der Waals surface area contributed by atoms with Gasteiger partial charge in [-0.15, -0.1) is 11.8 Å². The van der Waals surface area contributed by atoms with Crippen molar-refractivity contribution >= 4 is 35.0 Å². The summed E-state index contributed by atoms with van der Waals surface area (Å²) in [5, 5.41) is 5.54. The summed E-state index contributed by atoms with van der Waals surface area (Å²) in [6, 6.07) is 13.3. The first-order valence-corrected chi connectivity index (χ1v) is 15.9. The van der Waals surface area contributed by atoms with Crippen LogP contribution >= 0.6 is 23.4 Å². The zero-order valence-corrected chi connectivity index (χ0v) is 24.8. The maximum absolute atomic E-state index is 12.8. The molecule has 2 aromatic rings. The van der Waals surface area contributed by atoms with Gasteiger partial charge in [-0.05, 0) is 54.6 Å². The molecule has 0 atom stereocenters. The highest BCUT2D eigenvalue weighted by molar-refractivity contribution is 8.02. The zero-order chi connectivity index (χ0) is 27.0. The summed E-state index contributed by atoms with van der Waals surface area (Å²) in [5.41, 5.74) is 3.71. The maximum Gasteiger partial charge on any atom is 0.257 e. The van der Waals surface area contributed by atoms with Crippen LogP contribution in [0.3, 0.4) is 0 Å². The standard InChI is InChI=1S/C32H45ClN2O2S/c1-3-4-5-6-7-8-9-10-11-12-13-14-21-37-29-19-20-30(31(33)22-29)32(36)34-28-17-15-27(16-18-28)23-35-25-38-24-26(35)2/h15-20,22,24H,3-14,21,23,25H2,1-2H3,(H,34,36). The number of unbranched alkanes of at least 4 members (excludes halogenated alkanes) is 11. The molecule has 0 saturated carbocycles. The first-order chi connectivity index (χ1) is 18.6. The number of benzene rings is 2. The molecule has 1 N–H and O–H groups in total. The van der Waals surface area contributed by atoms with Crippen LogP contribution in [0.25, 0.3) is 0 Å². The average molecular weight is 557 g/mol. The predicted molar refractivity (Wildman–Crippen MR) is 164 cm³/mol. The van der Waals surface area contributed by atoms with Crippen LogP contribution in [-0.2, 0) is 6.54 Å². The summed E-state index contributed by atoms with van der Waals surface area (Å²) in [6.45, 7) is 5.95. The van der Waals surface area contributed by atoms with E-state index in [0.29, 0.717) is 22.9 Å². The number of ether oxygens (including phenoxy) is 1. The Labute approximate surface area is 239 Å². The van der Waals surface area contributed by atoms with Crippen LogP contribution in [-0.4, -0.2) is 23.3 Å². The number of hydrogen-bond acceptors (Lipinski definition) is 4. The van der Waals surface area contributed by atoms with Crippen molar-refractivity contribution in [2.45, 2.75) is 97.4 Å². The van der Waals surface area contributed by atoms with E-state index >= 15 is 0 Å². The number of anilines is 1. The third-order valence-electron chi connectivity index (χ3n) is 7.02. The first-order valence-electron chi connectivity index (χ1n) is 14.4. The lowest BCUT2D eigenvalue weighted by Crippen LogP contribution is -2.17. The van der Waals surface area contributed by atoms with E-state index in [1.165, 1.54) is 81.9 Å². The zero-order valence-electron chi connectivity index (χ0n) is 23.3. The Morgan fingerprint density at radius 2 is 1.55 bits per heavy atom. The molecule has 0 spiro atoms. The predicted octanol–water partition coefficient (Wildman–Crippen LogP) is 10.0. The molecule has 0 bridgehead atoms. The summed E-state index contributed by atoms with van der Waals surface area (Å²) in [4.78, 5) is 15.1. The molecule has 0 fully saturated rings. The van der Waals surface area contributed by atoms with Gasteiger partial charge < -0.3 is 15.0 Å². The molecule has 0 unspecified atom stereocenters.